The van der Waals surface area contributed by atoms with Gasteiger partial charge in [-0.2, -0.15) is 4.98 Å². The molecular formula is C10H14N2O4. The summed E-state index contributed by atoms with van der Waals surface area (Å²) < 4.78 is 14.9. The van der Waals surface area contributed by atoms with E-state index in [4.69, 9.17) is 14.0 Å². The van der Waals surface area contributed by atoms with Gasteiger partial charge >= 0.3 is 11.9 Å². The van der Waals surface area contributed by atoms with Crippen molar-refractivity contribution >= 4 is 5.97 Å². The molecule has 0 N–H and O–H groups in total. The molecular weight excluding hydrogens is 212 g/mol. The number of hydrogen-bond donors (Lipinski definition) is 0. The molecule has 1 aromatic heterocycles. The lowest BCUT2D eigenvalue weighted by Crippen LogP contribution is -2.15. The summed E-state index contributed by atoms with van der Waals surface area (Å²) in [6, 6.07) is 0. The van der Waals surface area contributed by atoms with Gasteiger partial charge in [0.25, 0.3) is 0 Å². The van der Waals surface area contributed by atoms with Gasteiger partial charge in [0.1, 0.15) is 0 Å². The predicted molar refractivity (Wildman–Crippen MR) is 53.0 cm³/mol. The van der Waals surface area contributed by atoms with E-state index in [9.17, 15) is 4.79 Å². The van der Waals surface area contributed by atoms with Crippen LogP contribution >= 0.6 is 0 Å². The van der Waals surface area contributed by atoms with Gasteiger partial charge in [-0.15, -0.1) is 0 Å². The Hall–Kier alpha value is -1.43. The Labute approximate surface area is 92.9 Å². The average molecular weight is 226 g/mol. The van der Waals surface area contributed by atoms with Crippen LogP contribution in [0.15, 0.2) is 4.52 Å². The van der Waals surface area contributed by atoms with Crippen molar-refractivity contribution in [3.05, 3.63) is 11.7 Å². The minimum Gasteiger partial charge on any atom is -0.459 e. The molecule has 1 aromatic rings. The van der Waals surface area contributed by atoms with Gasteiger partial charge in [-0.1, -0.05) is 5.16 Å². The minimum atomic E-state index is -0.562. The molecule has 2 rings (SSSR count). The standard InChI is InChI=1S/C10H14N2O4/c1-2-15-10(13)9-11-8(12-16-9)7-3-5-14-6-4-7/h7H,2-6H2,1H3. The average Bonchev–Trinajstić information content (AvgIpc) is 2.80. The smallest absolute Gasteiger partial charge is 0.397 e. The van der Waals surface area contributed by atoms with E-state index >= 15 is 0 Å². The predicted octanol–water partition coefficient (Wildman–Crippen LogP) is 1.14. The van der Waals surface area contributed by atoms with Crippen LogP contribution in [-0.2, 0) is 9.47 Å². The minimum absolute atomic E-state index is 0.0664. The molecule has 1 aliphatic heterocycles. The van der Waals surface area contributed by atoms with Crippen LogP contribution < -0.4 is 0 Å². The van der Waals surface area contributed by atoms with Gasteiger partial charge in [-0.25, -0.2) is 4.79 Å². The number of rotatable bonds is 3. The molecule has 2 heterocycles. The molecule has 16 heavy (non-hydrogen) atoms. The van der Waals surface area contributed by atoms with Gasteiger partial charge in [0.2, 0.25) is 0 Å². The highest BCUT2D eigenvalue weighted by Gasteiger charge is 2.23. The van der Waals surface area contributed by atoms with Crippen LogP contribution in [0.25, 0.3) is 0 Å². The summed E-state index contributed by atoms with van der Waals surface area (Å²) in [4.78, 5) is 15.3. The third-order valence-corrected chi connectivity index (χ3v) is 2.48. The van der Waals surface area contributed by atoms with E-state index in [0.29, 0.717) is 25.6 Å². The van der Waals surface area contributed by atoms with E-state index in [2.05, 4.69) is 10.1 Å². The Morgan fingerprint density at radius 3 is 2.94 bits per heavy atom. The van der Waals surface area contributed by atoms with Crippen molar-refractivity contribution in [2.24, 2.45) is 0 Å². The summed E-state index contributed by atoms with van der Waals surface area (Å²) in [5.41, 5.74) is 0. The van der Waals surface area contributed by atoms with Gasteiger partial charge in [0.15, 0.2) is 5.82 Å². The lowest BCUT2D eigenvalue weighted by molar-refractivity contribution is 0.0470. The SMILES string of the molecule is CCOC(=O)c1nc(C2CCOCC2)no1. The van der Waals surface area contributed by atoms with Crippen LogP contribution in [-0.4, -0.2) is 35.9 Å². The molecule has 0 atom stereocenters. The van der Waals surface area contributed by atoms with Crippen LogP contribution in [0, 0.1) is 0 Å². The van der Waals surface area contributed by atoms with Crippen LogP contribution in [0.3, 0.4) is 0 Å². The van der Waals surface area contributed by atoms with Crippen LogP contribution in [0.1, 0.15) is 42.2 Å². The first-order valence-electron chi connectivity index (χ1n) is 5.39. The summed E-state index contributed by atoms with van der Waals surface area (Å²) in [5, 5.41) is 3.80. The molecule has 1 aliphatic rings. The summed E-state index contributed by atoms with van der Waals surface area (Å²) >= 11 is 0. The zero-order valence-electron chi connectivity index (χ0n) is 9.14. The Morgan fingerprint density at radius 2 is 2.25 bits per heavy atom. The zero-order chi connectivity index (χ0) is 11.4. The Kier molecular flexibility index (Phi) is 3.51. The van der Waals surface area contributed by atoms with Crippen molar-refractivity contribution in [3.63, 3.8) is 0 Å². The lowest BCUT2D eigenvalue weighted by Gasteiger charge is -2.18. The fraction of sp³-hybridized carbons (Fsp3) is 0.700. The number of aromatic nitrogens is 2. The number of ether oxygens (including phenoxy) is 2. The summed E-state index contributed by atoms with van der Waals surface area (Å²) in [6.07, 6.45) is 1.73. The van der Waals surface area contributed by atoms with Gasteiger partial charge in [-0.3, -0.25) is 0 Å². The summed E-state index contributed by atoms with van der Waals surface area (Å²) in [7, 11) is 0. The molecule has 6 nitrogen and oxygen atoms in total. The molecule has 6 heteroatoms. The maximum atomic E-state index is 11.3. The Morgan fingerprint density at radius 1 is 1.50 bits per heavy atom. The van der Waals surface area contributed by atoms with E-state index in [1.54, 1.807) is 6.92 Å². The van der Waals surface area contributed by atoms with E-state index < -0.39 is 5.97 Å². The molecule has 0 spiro atoms. The first-order chi connectivity index (χ1) is 7.81. The zero-order valence-corrected chi connectivity index (χ0v) is 9.14. The van der Waals surface area contributed by atoms with Gasteiger partial charge in [0.05, 0.1) is 6.61 Å². The maximum absolute atomic E-state index is 11.3. The van der Waals surface area contributed by atoms with Crippen LogP contribution in [0.4, 0.5) is 0 Å². The molecule has 0 amide bonds. The second-order valence-electron chi connectivity index (χ2n) is 3.56. The molecule has 0 unspecified atom stereocenters. The number of carbonyl (C=O) groups is 1. The van der Waals surface area contributed by atoms with Crippen molar-refractivity contribution in [2.45, 2.75) is 25.7 Å². The molecule has 1 fully saturated rings. The second kappa shape index (κ2) is 5.07. The Balaban J connectivity index is 2.03. The van der Waals surface area contributed by atoms with Crippen molar-refractivity contribution in [3.8, 4) is 0 Å². The Bertz CT molecular complexity index is 357. The van der Waals surface area contributed by atoms with E-state index in [1.807, 2.05) is 0 Å². The van der Waals surface area contributed by atoms with Gasteiger partial charge in [0, 0.05) is 19.1 Å². The van der Waals surface area contributed by atoms with Crippen molar-refractivity contribution in [1.82, 2.24) is 10.1 Å². The molecule has 0 aromatic carbocycles. The summed E-state index contributed by atoms with van der Waals surface area (Å²) in [6.45, 7) is 3.43. The first-order valence-corrected chi connectivity index (χ1v) is 5.39. The molecule has 0 aliphatic carbocycles. The first kappa shape index (κ1) is 11.1. The quantitative estimate of drug-likeness (QED) is 0.719. The van der Waals surface area contributed by atoms with Gasteiger partial charge in [-0.05, 0) is 19.8 Å². The highest BCUT2D eigenvalue weighted by molar-refractivity contribution is 5.83. The highest BCUT2D eigenvalue weighted by atomic mass is 16.6. The van der Waals surface area contributed by atoms with E-state index in [1.165, 1.54) is 0 Å². The highest BCUT2D eigenvalue weighted by Crippen LogP contribution is 2.24. The summed E-state index contributed by atoms with van der Waals surface area (Å²) in [5.74, 6) is 0.170. The second-order valence-corrected chi connectivity index (χ2v) is 3.56. The number of nitrogens with zero attached hydrogens (tertiary/aromatic N) is 2. The van der Waals surface area contributed by atoms with Crippen LogP contribution in [0.5, 0.6) is 0 Å². The number of carbonyl (C=O) groups excluding carboxylic acids is 1. The fourth-order valence-corrected chi connectivity index (χ4v) is 1.63. The van der Waals surface area contributed by atoms with E-state index in [-0.39, 0.29) is 11.8 Å². The third kappa shape index (κ3) is 2.38. The fourth-order valence-electron chi connectivity index (χ4n) is 1.63. The molecule has 0 bridgehead atoms. The molecule has 1 saturated heterocycles. The molecule has 88 valence electrons. The normalized spacial score (nSPS) is 17.3. The third-order valence-electron chi connectivity index (χ3n) is 2.48. The lowest BCUT2D eigenvalue weighted by atomic mass is 10.00. The molecule has 0 saturated carbocycles. The maximum Gasteiger partial charge on any atom is 0.397 e. The topological polar surface area (TPSA) is 74.5 Å². The molecule has 0 radical (unpaired) electrons. The number of esters is 1. The largest absolute Gasteiger partial charge is 0.459 e. The van der Waals surface area contributed by atoms with Crippen molar-refractivity contribution < 1.29 is 18.8 Å². The van der Waals surface area contributed by atoms with Crippen molar-refractivity contribution in [2.75, 3.05) is 19.8 Å². The van der Waals surface area contributed by atoms with Crippen molar-refractivity contribution in [1.29, 1.82) is 0 Å². The van der Waals surface area contributed by atoms with E-state index in [0.717, 1.165) is 12.8 Å². The van der Waals surface area contributed by atoms with Gasteiger partial charge < -0.3 is 14.0 Å². The monoisotopic (exact) mass is 226 g/mol. The number of hydrogen-bond acceptors (Lipinski definition) is 6. The van der Waals surface area contributed by atoms with Crippen LogP contribution in [0.2, 0.25) is 0 Å².